The number of hydrogen-bond donors (Lipinski definition) is 1. The van der Waals surface area contributed by atoms with E-state index in [0.29, 0.717) is 32.2 Å². The number of carbonyl (C=O) groups is 1. The van der Waals surface area contributed by atoms with Gasteiger partial charge in [0.25, 0.3) is 11.5 Å². The van der Waals surface area contributed by atoms with Crippen molar-refractivity contribution in [1.82, 2.24) is 4.57 Å². The standard InChI is InChI=1S/C26H18ClN3O3S/c1-33-20-12-7-9-18(15-20)29-24(31)21(16-28)26-30(19-10-3-2-4-11-19)25(32)23(34-26)14-17-8-5-6-13-22(17)27/h2-15H,1H3,(H,29,31). The van der Waals surface area contributed by atoms with Crippen molar-refractivity contribution in [3.63, 3.8) is 0 Å². The van der Waals surface area contributed by atoms with Gasteiger partial charge in [0, 0.05) is 16.8 Å². The number of carbonyl (C=O) groups excluding carboxylic acids is 1. The first-order valence-corrected chi connectivity index (χ1v) is 11.3. The van der Waals surface area contributed by atoms with E-state index in [4.69, 9.17) is 16.3 Å². The summed E-state index contributed by atoms with van der Waals surface area (Å²) in [5.41, 5.74) is 1.12. The van der Waals surface area contributed by atoms with Crippen LogP contribution in [0.5, 0.6) is 5.75 Å². The third-order valence-corrected chi connectivity index (χ3v) is 6.35. The average Bonchev–Trinajstić information content (AvgIpc) is 3.17. The predicted octanol–water partition coefficient (Wildman–Crippen LogP) is 3.70. The zero-order valence-electron chi connectivity index (χ0n) is 18.0. The van der Waals surface area contributed by atoms with Crippen LogP contribution in [0.25, 0.3) is 17.3 Å². The van der Waals surface area contributed by atoms with Crippen LogP contribution < -0.4 is 24.8 Å². The van der Waals surface area contributed by atoms with Crippen LogP contribution in [0.3, 0.4) is 0 Å². The molecular weight excluding hydrogens is 470 g/mol. The van der Waals surface area contributed by atoms with Crippen molar-refractivity contribution in [2.24, 2.45) is 0 Å². The minimum absolute atomic E-state index is 0.187. The van der Waals surface area contributed by atoms with Gasteiger partial charge in [-0.05, 0) is 42.0 Å². The quantitative estimate of drug-likeness (QED) is 0.465. The third-order valence-electron chi connectivity index (χ3n) is 4.91. The molecule has 1 amide bonds. The van der Waals surface area contributed by atoms with E-state index in [-0.39, 0.29) is 15.8 Å². The van der Waals surface area contributed by atoms with E-state index >= 15 is 0 Å². The van der Waals surface area contributed by atoms with Gasteiger partial charge in [-0.25, -0.2) is 0 Å². The van der Waals surface area contributed by atoms with Crippen LogP contribution >= 0.6 is 22.9 Å². The summed E-state index contributed by atoms with van der Waals surface area (Å²) in [6, 6.07) is 24.8. The summed E-state index contributed by atoms with van der Waals surface area (Å²) in [4.78, 5) is 26.5. The van der Waals surface area contributed by atoms with E-state index in [1.165, 1.54) is 11.7 Å². The van der Waals surface area contributed by atoms with Gasteiger partial charge < -0.3 is 10.1 Å². The highest BCUT2D eigenvalue weighted by Gasteiger charge is 2.17. The van der Waals surface area contributed by atoms with Crippen LogP contribution in [0.15, 0.2) is 83.7 Å². The molecule has 4 rings (SSSR count). The Morgan fingerprint density at radius 1 is 1.09 bits per heavy atom. The van der Waals surface area contributed by atoms with Gasteiger partial charge in [-0.3, -0.25) is 14.2 Å². The highest BCUT2D eigenvalue weighted by atomic mass is 35.5. The molecule has 8 heteroatoms. The van der Waals surface area contributed by atoms with Crippen molar-refractivity contribution in [3.8, 4) is 17.5 Å². The summed E-state index contributed by atoms with van der Waals surface area (Å²) in [6.07, 6.45) is 1.66. The van der Waals surface area contributed by atoms with Gasteiger partial charge in [-0.2, -0.15) is 5.26 Å². The first-order chi connectivity index (χ1) is 16.5. The van der Waals surface area contributed by atoms with Gasteiger partial charge in [0.2, 0.25) is 0 Å². The molecule has 0 bridgehead atoms. The van der Waals surface area contributed by atoms with Crippen molar-refractivity contribution in [1.29, 1.82) is 5.26 Å². The number of halogens is 1. The van der Waals surface area contributed by atoms with Gasteiger partial charge in [0.05, 0.1) is 17.3 Å². The maximum absolute atomic E-state index is 13.4. The fraction of sp³-hybridized carbons (Fsp3) is 0.0385. The summed E-state index contributed by atoms with van der Waals surface area (Å²) in [7, 11) is 1.52. The van der Waals surface area contributed by atoms with Crippen molar-refractivity contribution in [3.05, 3.63) is 109 Å². The SMILES string of the molecule is COc1cccc(NC(=O)C(C#N)=c2sc(=Cc3ccccc3Cl)c(=O)n2-c2ccccc2)c1. The topological polar surface area (TPSA) is 84.1 Å². The van der Waals surface area contributed by atoms with E-state index in [0.717, 1.165) is 11.3 Å². The van der Waals surface area contributed by atoms with Crippen LogP contribution in [-0.2, 0) is 4.79 Å². The lowest BCUT2D eigenvalue weighted by Crippen LogP contribution is -2.32. The smallest absolute Gasteiger partial charge is 0.273 e. The Kier molecular flexibility index (Phi) is 6.93. The molecule has 0 aliphatic carbocycles. The van der Waals surface area contributed by atoms with Gasteiger partial charge in [0.15, 0.2) is 5.57 Å². The molecule has 34 heavy (non-hydrogen) atoms. The number of nitriles is 1. The maximum Gasteiger partial charge on any atom is 0.273 e. The highest BCUT2D eigenvalue weighted by molar-refractivity contribution is 7.07. The molecule has 0 spiro atoms. The zero-order valence-corrected chi connectivity index (χ0v) is 19.6. The number of aromatic nitrogens is 1. The lowest BCUT2D eigenvalue weighted by molar-refractivity contribution is -0.111. The predicted molar refractivity (Wildman–Crippen MR) is 135 cm³/mol. The summed E-state index contributed by atoms with van der Waals surface area (Å²) < 4.78 is 7.12. The fourth-order valence-corrected chi connectivity index (χ4v) is 4.57. The van der Waals surface area contributed by atoms with Crippen molar-refractivity contribution >= 4 is 46.2 Å². The Labute approximate surface area is 204 Å². The Morgan fingerprint density at radius 2 is 1.82 bits per heavy atom. The molecule has 0 saturated heterocycles. The number of methoxy groups -OCH3 is 1. The van der Waals surface area contributed by atoms with Gasteiger partial charge in [0.1, 0.15) is 16.5 Å². The van der Waals surface area contributed by atoms with Crippen LogP contribution in [0.1, 0.15) is 5.56 Å². The molecule has 0 aliphatic heterocycles. The molecule has 0 saturated carbocycles. The first kappa shape index (κ1) is 23.1. The number of benzene rings is 3. The summed E-state index contributed by atoms with van der Waals surface area (Å²) >= 11 is 7.33. The minimum atomic E-state index is -0.633. The molecule has 0 atom stereocenters. The number of nitrogens with one attached hydrogen (secondary N) is 1. The van der Waals surface area contributed by atoms with Crippen molar-refractivity contribution in [2.45, 2.75) is 0 Å². The van der Waals surface area contributed by atoms with Crippen molar-refractivity contribution in [2.75, 3.05) is 12.4 Å². The monoisotopic (exact) mass is 487 g/mol. The molecule has 1 N–H and O–H groups in total. The molecular formula is C26H18ClN3O3S. The van der Waals surface area contributed by atoms with Gasteiger partial charge in [-0.15, -0.1) is 11.3 Å². The zero-order chi connectivity index (χ0) is 24.1. The molecule has 6 nitrogen and oxygen atoms in total. The number of rotatable bonds is 5. The molecule has 4 aromatic rings. The molecule has 0 aliphatic rings. The molecule has 3 aromatic carbocycles. The number of thiazole rings is 1. The second kappa shape index (κ2) is 10.2. The second-order valence-corrected chi connectivity index (χ2v) is 8.52. The maximum atomic E-state index is 13.4. The lowest BCUT2D eigenvalue weighted by atomic mass is 10.2. The van der Waals surface area contributed by atoms with Gasteiger partial charge in [-0.1, -0.05) is 54.1 Å². The summed E-state index contributed by atoms with van der Waals surface area (Å²) in [5, 5.41) is 13.1. The number of nitrogens with zero attached hydrogens (tertiary/aromatic N) is 2. The Bertz CT molecular complexity index is 1580. The summed E-state index contributed by atoms with van der Waals surface area (Å²) in [5.74, 6) is -0.0729. The number of para-hydroxylation sites is 1. The van der Waals surface area contributed by atoms with E-state index in [2.05, 4.69) is 5.32 Å². The number of anilines is 1. The average molecular weight is 488 g/mol. The number of ether oxygens (including phenoxy) is 1. The fourth-order valence-electron chi connectivity index (χ4n) is 3.29. The second-order valence-electron chi connectivity index (χ2n) is 7.09. The first-order valence-electron chi connectivity index (χ1n) is 10.1. The van der Waals surface area contributed by atoms with Crippen LogP contribution in [0, 0.1) is 11.3 Å². The third kappa shape index (κ3) is 4.79. The lowest BCUT2D eigenvalue weighted by Gasteiger charge is -2.07. The summed E-state index contributed by atoms with van der Waals surface area (Å²) in [6.45, 7) is 0. The Balaban J connectivity index is 1.94. The Hall–Kier alpha value is -4.12. The largest absolute Gasteiger partial charge is 0.497 e. The van der Waals surface area contributed by atoms with Crippen LogP contribution in [0.2, 0.25) is 5.02 Å². The molecule has 168 valence electrons. The van der Waals surface area contributed by atoms with Crippen LogP contribution in [0.4, 0.5) is 5.69 Å². The number of amides is 1. The number of hydrogen-bond acceptors (Lipinski definition) is 5. The van der Waals surface area contributed by atoms with E-state index < -0.39 is 5.91 Å². The van der Waals surface area contributed by atoms with Crippen molar-refractivity contribution < 1.29 is 9.53 Å². The van der Waals surface area contributed by atoms with E-state index in [9.17, 15) is 14.9 Å². The van der Waals surface area contributed by atoms with Gasteiger partial charge >= 0.3 is 0 Å². The Morgan fingerprint density at radius 3 is 2.53 bits per heavy atom. The minimum Gasteiger partial charge on any atom is -0.497 e. The normalized spacial score (nSPS) is 12.1. The van der Waals surface area contributed by atoms with E-state index in [1.54, 1.807) is 72.8 Å². The van der Waals surface area contributed by atoms with Crippen LogP contribution in [-0.4, -0.2) is 17.6 Å². The molecule has 1 aromatic heterocycles. The molecule has 0 radical (unpaired) electrons. The van der Waals surface area contributed by atoms with E-state index in [1.807, 2.05) is 18.2 Å². The molecule has 0 fully saturated rings. The molecule has 1 heterocycles. The highest BCUT2D eigenvalue weighted by Crippen LogP contribution is 2.18. The molecule has 0 unspecified atom stereocenters.